The number of amides is 1. The third-order valence-corrected chi connectivity index (χ3v) is 4.68. The Hall–Kier alpha value is -2.43. The highest BCUT2D eigenvalue weighted by atomic mass is 16.2. The lowest BCUT2D eigenvalue weighted by molar-refractivity contribution is -0.131. The first-order valence-corrected chi connectivity index (χ1v) is 8.47. The van der Waals surface area contributed by atoms with Gasteiger partial charge in [-0.2, -0.15) is 5.10 Å². The number of rotatable bonds is 4. The number of benzene rings is 1. The summed E-state index contributed by atoms with van der Waals surface area (Å²) >= 11 is 0. The summed E-state index contributed by atoms with van der Waals surface area (Å²) in [5.74, 6) is 0.742. The third-order valence-electron chi connectivity index (χ3n) is 4.68. The molecule has 1 aromatic carbocycles. The molecule has 0 spiro atoms. The van der Waals surface area contributed by atoms with E-state index < -0.39 is 0 Å². The summed E-state index contributed by atoms with van der Waals surface area (Å²) in [5.41, 5.74) is 1.86. The SMILES string of the molecule is Cn1nc(CC(=O)N2CCC(Cc3ccccc3)CC2)ccc1=O. The van der Waals surface area contributed by atoms with E-state index in [2.05, 4.69) is 29.4 Å². The maximum atomic E-state index is 12.4. The van der Waals surface area contributed by atoms with E-state index in [0.717, 1.165) is 32.4 Å². The standard InChI is InChI=1S/C19H23N3O2/c1-21-18(23)8-7-17(20-21)14-19(24)22-11-9-16(10-12-22)13-15-5-3-2-4-6-15/h2-8,16H,9-14H2,1H3. The smallest absolute Gasteiger partial charge is 0.266 e. The number of carbonyl (C=O) groups is 1. The van der Waals surface area contributed by atoms with Gasteiger partial charge in [-0.25, -0.2) is 4.68 Å². The molecule has 0 unspecified atom stereocenters. The summed E-state index contributed by atoms with van der Waals surface area (Å²) in [6.45, 7) is 1.62. The lowest BCUT2D eigenvalue weighted by Gasteiger charge is -2.32. The Kier molecular flexibility index (Phi) is 5.08. The van der Waals surface area contributed by atoms with E-state index in [4.69, 9.17) is 0 Å². The van der Waals surface area contributed by atoms with Crippen LogP contribution in [0.25, 0.3) is 0 Å². The van der Waals surface area contributed by atoms with Crippen molar-refractivity contribution in [2.75, 3.05) is 13.1 Å². The zero-order chi connectivity index (χ0) is 16.9. The third kappa shape index (κ3) is 4.10. The van der Waals surface area contributed by atoms with E-state index in [1.54, 1.807) is 13.1 Å². The molecular formula is C19H23N3O2. The second-order valence-corrected chi connectivity index (χ2v) is 6.48. The molecule has 3 rings (SSSR count). The molecular weight excluding hydrogens is 302 g/mol. The molecule has 1 aliphatic rings. The molecule has 0 atom stereocenters. The van der Waals surface area contributed by atoms with E-state index in [0.29, 0.717) is 11.6 Å². The molecule has 1 saturated heterocycles. The average Bonchev–Trinajstić information content (AvgIpc) is 2.60. The number of hydrogen-bond donors (Lipinski definition) is 0. The second-order valence-electron chi connectivity index (χ2n) is 6.48. The quantitative estimate of drug-likeness (QED) is 0.861. The molecule has 0 bridgehead atoms. The summed E-state index contributed by atoms with van der Waals surface area (Å²) in [6, 6.07) is 13.6. The van der Waals surface area contributed by atoms with Crippen molar-refractivity contribution in [3.05, 3.63) is 64.1 Å². The van der Waals surface area contributed by atoms with Crippen LogP contribution in [0.5, 0.6) is 0 Å². The van der Waals surface area contributed by atoms with Crippen molar-refractivity contribution in [3.63, 3.8) is 0 Å². The summed E-state index contributed by atoms with van der Waals surface area (Å²) in [6.07, 6.45) is 3.44. The highest BCUT2D eigenvalue weighted by Gasteiger charge is 2.23. The maximum absolute atomic E-state index is 12.4. The fourth-order valence-electron chi connectivity index (χ4n) is 3.25. The monoisotopic (exact) mass is 325 g/mol. The lowest BCUT2D eigenvalue weighted by atomic mass is 9.90. The number of likely N-dealkylation sites (tertiary alicyclic amines) is 1. The normalized spacial score (nSPS) is 15.5. The van der Waals surface area contributed by atoms with Gasteiger partial charge in [0, 0.05) is 26.2 Å². The highest BCUT2D eigenvalue weighted by Crippen LogP contribution is 2.22. The van der Waals surface area contributed by atoms with Crippen molar-refractivity contribution in [1.29, 1.82) is 0 Å². The Morgan fingerprint density at radius 1 is 1.12 bits per heavy atom. The molecule has 0 N–H and O–H groups in total. The van der Waals surface area contributed by atoms with Gasteiger partial charge >= 0.3 is 0 Å². The molecule has 1 amide bonds. The number of aryl methyl sites for hydroxylation is 1. The van der Waals surface area contributed by atoms with Crippen LogP contribution in [0, 0.1) is 5.92 Å². The highest BCUT2D eigenvalue weighted by molar-refractivity contribution is 5.78. The van der Waals surface area contributed by atoms with E-state index >= 15 is 0 Å². The van der Waals surface area contributed by atoms with Gasteiger partial charge in [-0.15, -0.1) is 0 Å². The first-order valence-electron chi connectivity index (χ1n) is 8.47. The predicted octanol–water partition coefficient (Wildman–Crippen LogP) is 1.80. The number of aromatic nitrogens is 2. The summed E-state index contributed by atoms with van der Waals surface area (Å²) in [5, 5.41) is 4.13. The summed E-state index contributed by atoms with van der Waals surface area (Å²) < 4.78 is 1.27. The molecule has 5 heteroatoms. The number of nitrogens with zero attached hydrogens (tertiary/aromatic N) is 3. The van der Waals surface area contributed by atoms with Crippen molar-refractivity contribution >= 4 is 5.91 Å². The predicted molar refractivity (Wildman–Crippen MR) is 92.6 cm³/mol. The van der Waals surface area contributed by atoms with Crippen LogP contribution < -0.4 is 5.56 Å². The Labute approximate surface area is 141 Å². The van der Waals surface area contributed by atoms with Crippen LogP contribution in [0.4, 0.5) is 0 Å². The van der Waals surface area contributed by atoms with E-state index in [-0.39, 0.29) is 17.9 Å². The Balaban J connectivity index is 1.51. The maximum Gasteiger partial charge on any atom is 0.266 e. The first-order chi connectivity index (χ1) is 11.6. The van der Waals surface area contributed by atoms with Crippen LogP contribution in [-0.2, 0) is 24.7 Å². The van der Waals surface area contributed by atoms with Crippen LogP contribution in [0.3, 0.4) is 0 Å². The number of piperidine rings is 1. The van der Waals surface area contributed by atoms with Crippen LogP contribution in [-0.4, -0.2) is 33.7 Å². The Bertz CT molecular complexity index is 747. The minimum Gasteiger partial charge on any atom is -0.342 e. The topological polar surface area (TPSA) is 55.2 Å². The van der Waals surface area contributed by atoms with Crippen molar-refractivity contribution < 1.29 is 4.79 Å². The number of hydrogen-bond acceptors (Lipinski definition) is 3. The van der Waals surface area contributed by atoms with Crippen molar-refractivity contribution in [3.8, 4) is 0 Å². The molecule has 2 aromatic rings. The minimum atomic E-state index is -0.159. The Morgan fingerprint density at radius 3 is 2.50 bits per heavy atom. The van der Waals surface area contributed by atoms with Gasteiger partial charge in [0.1, 0.15) is 0 Å². The van der Waals surface area contributed by atoms with Gasteiger partial charge in [-0.3, -0.25) is 9.59 Å². The number of carbonyl (C=O) groups excluding carboxylic acids is 1. The molecule has 1 fully saturated rings. The van der Waals surface area contributed by atoms with E-state index in [1.165, 1.54) is 16.3 Å². The van der Waals surface area contributed by atoms with Gasteiger partial charge < -0.3 is 4.90 Å². The summed E-state index contributed by atoms with van der Waals surface area (Å²) in [4.78, 5) is 25.7. The van der Waals surface area contributed by atoms with Gasteiger partial charge in [-0.1, -0.05) is 30.3 Å². The van der Waals surface area contributed by atoms with Crippen LogP contribution >= 0.6 is 0 Å². The van der Waals surface area contributed by atoms with Crippen LogP contribution in [0.1, 0.15) is 24.1 Å². The van der Waals surface area contributed by atoms with Gasteiger partial charge in [0.05, 0.1) is 12.1 Å². The first kappa shape index (κ1) is 16.4. The molecule has 24 heavy (non-hydrogen) atoms. The molecule has 0 saturated carbocycles. The fraction of sp³-hybridized carbons (Fsp3) is 0.421. The molecule has 1 aromatic heterocycles. The van der Waals surface area contributed by atoms with Gasteiger partial charge in [0.15, 0.2) is 0 Å². The molecule has 5 nitrogen and oxygen atoms in total. The van der Waals surface area contributed by atoms with Crippen LogP contribution in [0.2, 0.25) is 0 Å². The largest absolute Gasteiger partial charge is 0.342 e. The van der Waals surface area contributed by atoms with Gasteiger partial charge in [0.2, 0.25) is 5.91 Å². The molecule has 126 valence electrons. The van der Waals surface area contributed by atoms with Gasteiger partial charge in [-0.05, 0) is 36.8 Å². The molecule has 2 heterocycles. The summed E-state index contributed by atoms with van der Waals surface area (Å²) in [7, 11) is 1.60. The van der Waals surface area contributed by atoms with Crippen molar-refractivity contribution in [2.45, 2.75) is 25.7 Å². The second kappa shape index (κ2) is 7.43. The Morgan fingerprint density at radius 2 is 1.83 bits per heavy atom. The average molecular weight is 325 g/mol. The minimum absolute atomic E-state index is 0.0966. The van der Waals surface area contributed by atoms with Crippen LogP contribution in [0.15, 0.2) is 47.3 Å². The molecule has 0 aliphatic carbocycles. The zero-order valence-corrected chi connectivity index (χ0v) is 14.0. The van der Waals surface area contributed by atoms with E-state index in [1.807, 2.05) is 11.0 Å². The zero-order valence-electron chi connectivity index (χ0n) is 14.0. The van der Waals surface area contributed by atoms with Gasteiger partial charge in [0.25, 0.3) is 5.56 Å². The fourth-order valence-corrected chi connectivity index (χ4v) is 3.25. The molecule has 0 radical (unpaired) electrons. The lowest BCUT2D eigenvalue weighted by Crippen LogP contribution is -2.40. The van der Waals surface area contributed by atoms with Crippen molar-refractivity contribution in [2.24, 2.45) is 13.0 Å². The van der Waals surface area contributed by atoms with E-state index in [9.17, 15) is 9.59 Å². The molecule has 1 aliphatic heterocycles. The van der Waals surface area contributed by atoms with Crippen molar-refractivity contribution in [1.82, 2.24) is 14.7 Å².